The van der Waals surface area contributed by atoms with Crippen molar-refractivity contribution >= 4 is 39.1 Å². The van der Waals surface area contributed by atoms with Crippen molar-refractivity contribution in [3.05, 3.63) is 88.4 Å². The van der Waals surface area contributed by atoms with E-state index in [1.165, 1.54) is 24.1 Å². The lowest BCUT2D eigenvalue weighted by molar-refractivity contribution is -0.140. The highest BCUT2D eigenvalue weighted by atomic mass is 35.5. The molecule has 0 fully saturated rings. The van der Waals surface area contributed by atoms with E-state index in [4.69, 9.17) is 16.3 Å². The highest BCUT2D eigenvalue weighted by molar-refractivity contribution is 7.92. The molecule has 0 bridgehead atoms. The molecule has 220 valence electrons. The van der Waals surface area contributed by atoms with Crippen LogP contribution in [0.3, 0.4) is 0 Å². The normalized spacial score (nSPS) is 12.4. The van der Waals surface area contributed by atoms with Gasteiger partial charge in [0.15, 0.2) is 0 Å². The molecule has 3 aromatic rings. The molecule has 1 N–H and O–H groups in total. The molecular formula is C31H38ClN3O5S. The Kier molecular flexibility index (Phi) is 10.1. The summed E-state index contributed by atoms with van der Waals surface area (Å²) in [6.07, 6.45) is 0. The number of nitrogens with one attached hydrogen (secondary N) is 1. The van der Waals surface area contributed by atoms with Gasteiger partial charge in [0, 0.05) is 17.1 Å². The molecule has 0 aromatic heterocycles. The molecule has 0 spiro atoms. The number of halogens is 1. The maximum absolute atomic E-state index is 14.1. The predicted octanol–water partition coefficient (Wildman–Crippen LogP) is 5.49. The van der Waals surface area contributed by atoms with E-state index in [1.807, 2.05) is 34.6 Å². The molecule has 0 heterocycles. The average molecular weight is 600 g/mol. The van der Waals surface area contributed by atoms with Crippen molar-refractivity contribution in [1.82, 2.24) is 10.2 Å². The molecule has 0 aliphatic heterocycles. The summed E-state index contributed by atoms with van der Waals surface area (Å²) in [6.45, 7) is 10.3. The van der Waals surface area contributed by atoms with Crippen LogP contribution in [0.1, 0.15) is 44.4 Å². The second-order valence-electron chi connectivity index (χ2n) is 11.1. The van der Waals surface area contributed by atoms with E-state index < -0.39 is 34.1 Å². The highest BCUT2D eigenvalue weighted by Crippen LogP contribution is 2.34. The van der Waals surface area contributed by atoms with Gasteiger partial charge in [0.05, 0.1) is 17.7 Å². The maximum atomic E-state index is 14.1. The Hall–Kier alpha value is -3.56. The Morgan fingerprint density at radius 3 is 2.20 bits per heavy atom. The van der Waals surface area contributed by atoms with Gasteiger partial charge in [-0.3, -0.25) is 13.9 Å². The first-order valence-electron chi connectivity index (χ1n) is 13.2. The second-order valence-corrected chi connectivity index (χ2v) is 13.4. The summed E-state index contributed by atoms with van der Waals surface area (Å²) in [5.41, 5.74) is 2.06. The largest absolute Gasteiger partial charge is 0.495 e. The van der Waals surface area contributed by atoms with Crippen LogP contribution in [0.4, 0.5) is 5.69 Å². The molecule has 3 rings (SSSR count). The number of hydrogen-bond acceptors (Lipinski definition) is 5. The van der Waals surface area contributed by atoms with Crippen LogP contribution in [0, 0.1) is 13.8 Å². The third kappa shape index (κ3) is 8.24. The van der Waals surface area contributed by atoms with Crippen LogP contribution in [0.15, 0.2) is 71.6 Å². The van der Waals surface area contributed by atoms with Crippen LogP contribution in [0.2, 0.25) is 5.02 Å². The summed E-state index contributed by atoms with van der Waals surface area (Å²) in [6, 6.07) is 17.6. The van der Waals surface area contributed by atoms with Crippen LogP contribution >= 0.6 is 11.6 Å². The fourth-order valence-electron chi connectivity index (χ4n) is 4.23. The van der Waals surface area contributed by atoms with Crippen molar-refractivity contribution in [1.29, 1.82) is 0 Å². The van der Waals surface area contributed by atoms with Crippen molar-refractivity contribution in [3.8, 4) is 5.75 Å². The Bertz CT molecular complexity index is 1500. The fourth-order valence-corrected chi connectivity index (χ4v) is 5.86. The molecule has 41 heavy (non-hydrogen) atoms. The van der Waals surface area contributed by atoms with Gasteiger partial charge in [-0.1, -0.05) is 47.5 Å². The van der Waals surface area contributed by atoms with E-state index in [1.54, 1.807) is 61.5 Å². The molecule has 0 saturated carbocycles. The van der Waals surface area contributed by atoms with E-state index in [-0.39, 0.29) is 23.0 Å². The molecule has 1 atom stereocenters. The number of methoxy groups -OCH3 is 1. The summed E-state index contributed by atoms with van der Waals surface area (Å²) in [5.74, 6) is -0.645. The summed E-state index contributed by atoms with van der Waals surface area (Å²) >= 11 is 6.20. The van der Waals surface area contributed by atoms with Gasteiger partial charge in [-0.25, -0.2) is 8.42 Å². The molecule has 10 heteroatoms. The number of benzene rings is 3. The average Bonchev–Trinajstić information content (AvgIpc) is 2.89. The number of nitrogens with zero attached hydrogens (tertiary/aromatic N) is 2. The fraction of sp³-hybridized carbons (Fsp3) is 0.355. The minimum absolute atomic E-state index is 0.0272. The lowest BCUT2D eigenvalue weighted by Crippen LogP contribution is -2.54. The topological polar surface area (TPSA) is 96.0 Å². The van der Waals surface area contributed by atoms with E-state index >= 15 is 0 Å². The van der Waals surface area contributed by atoms with Gasteiger partial charge in [0.1, 0.15) is 18.3 Å². The van der Waals surface area contributed by atoms with E-state index in [9.17, 15) is 18.0 Å². The molecule has 0 saturated heterocycles. The highest BCUT2D eigenvalue weighted by Gasteiger charge is 2.34. The van der Waals surface area contributed by atoms with Crippen molar-refractivity contribution in [2.24, 2.45) is 0 Å². The molecule has 0 radical (unpaired) electrons. The van der Waals surface area contributed by atoms with Crippen LogP contribution in [-0.4, -0.2) is 50.4 Å². The molecule has 2 amide bonds. The van der Waals surface area contributed by atoms with Gasteiger partial charge >= 0.3 is 0 Å². The van der Waals surface area contributed by atoms with Crippen LogP contribution in [0.25, 0.3) is 0 Å². The van der Waals surface area contributed by atoms with Crippen molar-refractivity contribution in [2.45, 2.75) is 64.6 Å². The number of carbonyl (C=O) groups is 2. The van der Waals surface area contributed by atoms with Crippen molar-refractivity contribution in [2.75, 3.05) is 18.0 Å². The zero-order valence-electron chi connectivity index (χ0n) is 24.6. The molecule has 0 aliphatic rings. The molecule has 0 unspecified atom stereocenters. The molecule has 0 aliphatic carbocycles. The predicted molar refractivity (Wildman–Crippen MR) is 163 cm³/mol. The zero-order valence-corrected chi connectivity index (χ0v) is 26.1. The first-order valence-corrected chi connectivity index (χ1v) is 15.0. The SMILES string of the molecule is COc1ccc(C)cc1N(CC(=O)N(Cc1cccc(Cl)c1)[C@H](C)C(=O)NC(C)(C)C)S(=O)(=O)c1ccc(C)cc1. The van der Waals surface area contributed by atoms with E-state index in [2.05, 4.69) is 5.32 Å². The number of amides is 2. The minimum atomic E-state index is -4.22. The lowest BCUT2D eigenvalue weighted by atomic mass is 10.1. The number of carbonyl (C=O) groups excluding carboxylic acids is 2. The summed E-state index contributed by atoms with van der Waals surface area (Å²) < 4.78 is 34.7. The Morgan fingerprint density at radius 2 is 1.61 bits per heavy atom. The van der Waals surface area contributed by atoms with Gasteiger partial charge in [0.2, 0.25) is 11.8 Å². The quantitative estimate of drug-likeness (QED) is 0.332. The molecule has 3 aromatic carbocycles. The number of anilines is 1. The first kappa shape index (κ1) is 32.0. The minimum Gasteiger partial charge on any atom is -0.495 e. The van der Waals surface area contributed by atoms with Crippen LogP contribution in [0.5, 0.6) is 5.75 Å². The van der Waals surface area contributed by atoms with Gasteiger partial charge < -0.3 is 15.0 Å². The summed E-state index contributed by atoms with van der Waals surface area (Å²) in [4.78, 5) is 28.7. The summed E-state index contributed by atoms with van der Waals surface area (Å²) in [5, 5.41) is 3.39. The van der Waals surface area contributed by atoms with Gasteiger partial charge in [-0.15, -0.1) is 0 Å². The first-order chi connectivity index (χ1) is 19.1. The molecule has 8 nitrogen and oxygen atoms in total. The third-order valence-electron chi connectivity index (χ3n) is 6.40. The van der Waals surface area contributed by atoms with Gasteiger partial charge in [0.25, 0.3) is 10.0 Å². The van der Waals surface area contributed by atoms with E-state index in [0.29, 0.717) is 16.3 Å². The summed E-state index contributed by atoms with van der Waals surface area (Å²) in [7, 11) is -2.78. The van der Waals surface area contributed by atoms with Crippen LogP contribution < -0.4 is 14.4 Å². The Morgan fingerprint density at radius 1 is 0.976 bits per heavy atom. The van der Waals surface area contributed by atoms with Gasteiger partial charge in [-0.05, 0) is 89.1 Å². The smallest absolute Gasteiger partial charge is 0.264 e. The van der Waals surface area contributed by atoms with Crippen LogP contribution in [-0.2, 0) is 26.2 Å². The van der Waals surface area contributed by atoms with Crippen molar-refractivity contribution < 1.29 is 22.7 Å². The number of ether oxygens (including phenoxy) is 1. The number of hydrogen-bond donors (Lipinski definition) is 1. The maximum Gasteiger partial charge on any atom is 0.264 e. The Labute approximate surface area is 248 Å². The number of aryl methyl sites for hydroxylation is 2. The van der Waals surface area contributed by atoms with E-state index in [0.717, 1.165) is 15.4 Å². The molecular weight excluding hydrogens is 562 g/mol. The Balaban J connectivity index is 2.11. The third-order valence-corrected chi connectivity index (χ3v) is 8.41. The zero-order chi connectivity index (χ0) is 30.5. The second kappa shape index (κ2) is 13.0. The van der Waals surface area contributed by atoms with Crippen molar-refractivity contribution in [3.63, 3.8) is 0 Å². The standard InChI is InChI=1S/C31H38ClN3O5S/c1-21-11-14-26(15-12-21)41(38,39)35(27-17-22(2)13-16-28(27)40-7)20-29(36)34(19-24-9-8-10-25(32)18-24)23(3)30(37)33-31(4,5)6/h8-18,23H,19-20H2,1-7H3,(H,33,37)/t23-/m1/s1. The lowest BCUT2D eigenvalue weighted by Gasteiger charge is -2.34. The number of rotatable bonds is 10. The monoisotopic (exact) mass is 599 g/mol. The number of sulfonamides is 1. The van der Waals surface area contributed by atoms with Gasteiger partial charge in [-0.2, -0.15) is 0 Å².